The molecule has 296 valence electrons. The molecule has 3 heterocycles. The highest BCUT2D eigenvalue weighted by molar-refractivity contribution is 6.10. The molecule has 0 radical (unpaired) electrons. The first-order valence-corrected chi connectivity index (χ1v) is 21.2. The van der Waals surface area contributed by atoms with Crippen LogP contribution in [0.1, 0.15) is 0 Å². The zero-order chi connectivity index (χ0) is 41.7. The van der Waals surface area contributed by atoms with Crippen molar-refractivity contribution >= 4 is 43.6 Å². The van der Waals surface area contributed by atoms with Crippen molar-refractivity contribution in [2.24, 2.45) is 0 Å². The number of ether oxygens (including phenoxy) is 1. The van der Waals surface area contributed by atoms with E-state index in [4.69, 9.17) is 14.7 Å². The van der Waals surface area contributed by atoms with Gasteiger partial charge in [-0.2, -0.15) is 0 Å². The molecule has 5 heteroatoms. The second-order valence-electron chi connectivity index (χ2n) is 15.8. The minimum Gasteiger partial charge on any atom is -0.457 e. The Morgan fingerprint density at radius 3 is 1.13 bits per heavy atom. The topological polar surface area (TPSA) is 44.9 Å². The number of para-hydroxylation sites is 5. The van der Waals surface area contributed by atoms with E-state index < -0.39 is 0 Å². The molecule has 3 aromatic heterocycles. The SMILES string of the molecule is c1ccc(Oc2ccc(-c3nc(-c4cc(-n5c6ccccc6c6ccccc65)cc(-n5c6ccccc6c6ccccc65)c4)nc(-c4ccccc4)c3-c3ccccc3)cc2)cc1. The molecule has 0 aliphatic carbocycles. The maximum Gasteiger partial charge on any atom is 0.160 e. The molecule has 0 bridgehead atoms. The van der Waals surface area contributed by atoms with E-state index in [1.807, 2.05) is 54.6 Å². The normalized spacial score (nSPS) is 11.5. The average molecular weight is 807 g/mol. The quantitative estimate of drug-likeness (QED) is 0.154. The molecule has 5 nitrogen and oxygen atoms in total. The van der Waals surface area contributed by atoms with Gasteiger partial charge in [-0.25, -0.2) is 9.97 Å². The molecule has 12 rings (SSSR count). The van der Waals surface area contributed by atoms with E-state index in [1.54, 1.807) is 0 Å². The molecule has 0 aliphatic heterocycles. The van der Waals surface area contributed by atoms with E-state index in [1.165, 1.54) is 21.5 Å². The van der Waals surface area contributed by atoms with Crippen molar-refractivity contribution in [3.8, 4) is 67.9 Å². The maximum absolute atomic E-state index is 6.25. The highest BCUT2D eigenvalue weighted by Crippen LogP contribution is 2.42. The van der Waals surface area contributed by atoms with Crippen LogP contribution in [0.15, 0.2) is 231 Å². The highest BCUT2D eigenvalue weighted by atomic mass is 16.5. The first-order valence-electron chi connectivity index (χ1n) is 21.2. The molecule has 0 saturated carbocycles. The summed E-state index contributed by atoms with van der Waals surface area (Å²) >= 11 is 0. The van der Waals surface area contributed by atoms with Crippen LogP contribution in [-0.2, 0) is 0 Å². The van der Waals surface area contributed by atoms with E-state index in [-0.39, 0.29) is 0 Å². The van der Waals surface area contributed by atoms with Crippen LogP contribution < -0.4 is 4.74 Å². The lowest BCUT2D eigenvalue weighted by Gasteiger charge is -2.19. The Hall–Kier alpha value is -8.54. The fourth-order valence-corrected chi connectivity index (χ4v) is 9.17. The molecule has 0 N–H and O–H groups in total. The van der Waals surface area contributed by atoms with Crippen molar-refractivity contribution in [3.05, 3.63) is 231 Å². The molecular weight excluding hydrogens is 769 g/mol. The van der Waals surface area contributed by atoms with Gasteiger partial charge in [0.15, 0.2) is 5.82 Å². The third-order valence-corrected chi connectivity index (χ3v) is 12.0. The van der Waals surface area contributed by atoms with Crippen LogP contribution in [0.5, 0.6) is 11.5 Å². The predicted octanol–water partition coefficient (Wildman–Crippen LogP) is 15.1. The summed E-state index contributed by atoms with van der Waals surface area (Å²) in [4.78, 5) is 11.2. The van der Waals surface area contributed by atoms with Crippen LogP contribution in [-0.4, -0.2) is 19.1 Å². The van der Waals surface area contributed by atoms with E-state index in [2.05, 4.69) is 185 Å². The molecular formula is C58H38N4O. The van der Waals surface area contributed by atoms with Gasteiger partial charge in [-0.1, -0.05) is 152 Å². The zero-order valence-electron chi connectivity index (χ0n) is 34.1. The van der Waals surface area contributed by atoms with Gasteiger partial charge in [-0.3, -0.25) is 0 Å². The highest BCUT2D eigenvalue weighted by Gasteiger charge is 2.23. The number of nitrogens with zero attached hydrogens (tertiary/aromatic N) is 4. The summed E-state index contributed by atoms with van der Waals surface area (Å²) in [7, 11) is 0. The monoisotopic (exact) mass is 806 g/mol. The molecule has 0 amide bonds. The summed E-state index contributed by atoms with van der Waals surface area (Å²) in [6, 6.07) is 80.5. The summed E-state index contributed by atoms with van der Waals surface area (Å²) in [5.74, 6) is 2.16. The maximum atomic E-state index is 6.25. The van der Waals surface area contributed by atoms with Gasteiger partial charge in [0.2, 0.25) is 0 Å². The lowest BCUT2D eigenvalue weighted by Crippen LogP contribution is -2.03. The summed E-state index contributed by atoms with van der Waals surface area (Å²) < 4.78 is 11.0. The molecule has 0 unspecified atom stereocenters. The lowest BCUT2D eigenvalue weighted by atomic mass is 9.94. The van der Waals surface area contributed by atoms with Crippen LogP contribution >= 0.6 is 0 Å². The van der Waals surface area contributed by atoms with Crippen LogP contribution in [0.2, 0.25) is 0 Å². The molecule has 0 aliphatic rings. The number of rotatable bonds is 8. The zero-order valence-corrected chi connectivity index (χ0v) is 34.1. The summed E-state index contributed by atoms with van der Waals surface area (Å²) in [6.07, 6.45) is 0. The van der Waals surface area contributed by atoms with Crippen molar-refractivity contribution < 1.29 is 4.74 Å². The lowest BCUT2D eigenvalue weighted by molar-refractivity contribution is 0.483. The molecule has 63 heavy (non-hydrogen) atoms. The average Bonchev–Trinajstić information content (AvgIpc) is 3.88. The molecule has 0 atom stereocenters. The van der Waals surface area contributed by atoms with E-state index >= 15 is 0 Å². The van der Waals surface area contributed by atoms with Crippen LogP contribution in [0, 0.1) is 0 Å². The Kier molecular flexibility index (Phi) is 8.75. The molecule has 12 aromatic rings. The summed E-state index contributed by atoms with van der Waals surface area (Å²) in [5.41, 5.74) is 13.1. The smallest absolute Gasteiger partial charge is 0.160 e. The van der Waals surface area contributed by atoms with Gasteiger partial charge < -0.3 is 13.9 Å². The number of hydrogen-bond acceptors (Lipinski definition) is 3. The Morgan fingerprint density at radius 1 is 0.302 bits per heavy atom. The predicted molar refractivity (Wildman–Crippen MR) is 259 cm³/mol. The Balaban J connectivity index is 1.16. The molecule has 0 spiro atoms. The molecule has 9 aromatic carbocycles. The molecule has 0 saturated heterocycles. The van der Waals surface area contributed by atoms with Gasteiger partial charge in [-0.15, -0.1) is 0 Å². The van der Waals surface area contributed by atoms with Gasteiger partial charge >= 0.3 is 0 Å². The van der Waals surface area contributed by atoms with Crippen molar-refractivity contribution in [1.82, 2.24) is 19.1 Å². The largest absolute Gasteiger partial charge is 0.457 e. The molecule has 0 fully saturated rings. The standard InChI is InChI=1S/C58H38N4O/c1-4-18-39(19-5-1)55-56(40-20-6-2-7-21-40)59-58(60-57(55)41-32-34-46(35-33-41)63-45-22-8-3-9-23-45)42-36-43(61-51-28-14-10-24-47(51)48-25-11-15-29-52(48)61)38-44(37-42)62-53-30-16-12-26-49(53)50-27-13-17-31-54(50)62/h1-38H. The first-order chi connectivity index (χ1) is 31.2. The van der Waals surface area contributed by atoms with Gasteiger partial charge in [0.25, 0.3) is 0 Å². The van der Waals surface area contributed by atoms with Crippen molar-refractivity contribution in [1.29, 1.82) is 0 Å². The Bertz CT molecular complexity index is 3390. The number of fused-ring (bicyclic) bond motifs is 6. The van der Waals surface area contributed by atoms with Gasteiger partial charge in [0.1, 0.15) is 11.5 Å². The number of benzene rings is 9. The minimum atomic E-state index is 0.623. The van der Waals surface area contributed by atoms with E-state index in [9.17, 15) is 0 Å². The fraction of sp³-hybridized carbons (Fsp3) is 0. The second kappa shape index (κ2) is 15.2. The van der Waals surface area contributed by atoms with Crippen molar-refractivity contribution in [2.75, 3.05) is 0 Å². The Labute approximate surface area is 364 Å². The number of aromatic nitrogens is 4. The van der Waals surface area contributed by atoms with Gasteiger partial charge in [0, 0.05) is 55.2 Å². The van der Waals surface area contributed by atoms with Crippen molar-refractivity contribution in [2.45, 2.75) is 0 Å². The van der Waals surface area contributed by atoms with Crippen LogP contribution in [0.25, 0.3) is 100 Å². The van der Waals surface area contributed by atoms with E-state index in [0.717, 1.165) is 84.1 Å². The minimum absolute atomic E-state index is 0.623. The van der Waals surface area contributed by atoms with Crippen LogP contribution in [0.3, 0.4) is 0 Å². The van der Waals surface area contributed by atoms with Gasteiger partial charge in [0.05, 0.1) is 33.5 Å². The van der Waals surface area contributed by atoms with Crippen LogP contribution in [0.4, 0.5) is 0 Å². The third kappa shape index (κ3) is 6.34. The second-order valence-corrected chi connectivity index (χ2v) is 15.8. The van der Waals surface area contributed by atoms with Crippen molar-refractivity contribution in [3.63, 3.8) is 0 Å². The first kappa shape index (κ1) is 36.3. The summed E-state index contributed by atoms with van der Waals surface area (Å²) in [6.45, 7) is 0. The number of hydrogen-bond donors (Lipinski definition) is 0. The summed E-state index contributed by atoms with van der Waals surface area (Å²) in [5, 5.41) is 4.81. The van der Waals surface area contributed by atoms with Gasteiger partial charge in [-0.05, 0) is 84.4 Å². The van der Waals surface area contributed by atoms with E-state index in [0.29, 0.717) is 5.82 Å². The third-order valence-electron chi connectivity index (χ3n) is 12.0. The Morgan fingerprint density at radius 2 is 0.667 bits per heavy atom. The fourth-order valence-electron chi connectivity index (χ4n) is 9.17.